The summed E-state index contributed by atoms with van der Waals surface area (Å²) in [5.41, 5.74) is 5.41. The normalized spacial score (nSPS) is 20.6. The monoisotopic (exact) mass is 906 g/mol. The Morgan fingerprint density at radius 3 is 2.39 bits per heavy atom. The van der Waals surface area contributed by atoms with Gasteiger partial charge in [0.2, 0.25) is 0 Å². The summed E-state index contributed by atoms with van der Waals surface area (Å²) in [4.78, 5) is 37.7. The van der Waals surface area contributed by atoms with E-state index < -0.39 is 25.7 Å². The van der Waals surface area contributed by atoms with Crippen LogP contribution in [0.2, 0.25) is 5.02 Å². The van der Waals surface area contributed by atoms with Crippen LogP contribution in [0.4, 0.5) is 17.1 Å². The first kappa shape index (κ1) is 43.8. The average Bonchev–Trinajstić information content (AvgIpc) is 3.97. The lowest BCUT2D eigenvalue weighted by Gasteiger charge is -2.39. The number of halogens is 1. The number of rotatable bonds is 14. The van der Waals surface area contributed by atoms with Crippen molar-refractivity contribution in [1.82, 2.24) is 24.9 Å². The summed E-state index contributed by atoms with van der Waals surface area (Å²) in [6, 6.07) is 21.7. The van der Waals surface area contributed by atoms with Crippen molar-refractivity contribution in [2.45, 2.75) is 94.7 Å². The second-order valence-corrected chi connectivity index (χ2v) is 20.7. The lowest BCUT2D eigenvalue weighted by Crippen LogP contribution is -2.47. The number of carbonyl (C=O) groups excluding carboxylic acids is 1. The summed E-state index contributed by atoms with van der Waals surface area (Å²) in [5, 5.41) is 20.8. The minimum atomic E-state index is -4.57. The van der Waals surface area contributed by atoms with E-state index in [9.17, 15) is 23.3 Å². The van der Waals surface area contributed by atoms with Crippen LogP contribution >= 0.6 is 11.6 Å². The maximum atomic E-state index is 14.2. The molecule has 1 amide bonds. The fourth-order valence-electron chi connectivity index (χ4n) is 9.43. The van der Waals surface area contributed by atoms with E-state index in [0.717, 1.165) is 81.1 Å². The molecule has 2 aromatic heterocycles. The van der Waals surface area contributed by atoms with Gasteiger partial charge < -0.3 is 25.3 Å². The number of allylic oxidation sites excluding steroid dienone is 1. The molecule has 0 atom stereocenters. The number of aromatic amines is 1. The van der Waals surface area contributed by atoms with Crippen molar-refractivity contribution in [3.05, 3.63) is 117 Å². The molecule has 2 saturated carbocycles. The molecule has 0 spiro atoms. The molecule has 64 heavy (non-hydrogen) atoms. The molecule has 5 aromatic rings. The second kappa shape index (κ2) is 18.2. The van der Waals surface area contributed by atoms with Crippen LogP contribution in [-0.2, 0) is 10.0 Å². The van der Waals surface area contributed by atoms with Gasteiger partial charge in [-0.05, 0) is 123 Å². The summed E-state index contributed by atoms with van der Waals surface area (Å²) in [6.07, 6.45) is 12.5. The van der Waals surface area contributed by atoms with Crippen molar-refractivity contribution in [3.8, 4) is 11.5 Å². The first-order chi connectivity index (χ1) is 30.8. The van der Waals surface area contributed by atoms with Crippen LogP contribution < -0.4 is 25.0 Å². The Labute approximate surface area is 379 Å². The van der Waals surface area contributed by atoms with Gasteiger partial charge in [-0.25, -0.2) is 18.1 Å². The van der Waals surface area contributed by atoms with Crippen molar-refractivity contribution in [3.63, 3.8) is 0 Å². The number of nitrogens with zero attached hydrogens (tertiary/aromatic N) is 4. The van der Waals surface area contributed by atoms with E-state index in [1.54, 1.807) is 24.5 Å². The Balaban J connectivity index is 0.939. The number of nitro benzene ring substituents is 1. The molecule has 3 aliphatic carbocycles. The summed E-state index contributed by atoms with van der Waals surface area (Å²) in [5.74, 6) is -0.395. The smallest absolute Gasteiger partial charge is 0.293 e. The van der Waals surface area contributed by atoms with Gasteiger partial charge in [0.25, 0.3) is 21.6 Å². The number of benzene rings is 3. The molecule has 4 N–H and O–H groups in total. The predicted molar refractivity (Wildman–Crippen MR) is 251 cm³/mol. The Morgan fingerprint density at radius 2 is 1.67 bits per heavy atom. The maximum Gasteiger partial charge on any atom is 0.293 e. The lowest BCUT2D eigenvalue weighted by atomic mass is 9.72. The standard InChI is InChI=1S/C48H55ClN8O6S/c1-48(2)20-18-33(41(28-48)31-6-8-34(49)9-7-31)30-55-22-24-56(25-23-55)43-5-3-4-40(45(43)63-38-26-32-19-21-50-46(32)51-29-38)47(58)54-64(61,62)39-16-17-42(44(27-39)57(59)60)53-37-14-12-36(13-15-37)52-35-10-11-35/h3-9,16-17,19,21,26-27,29,35-37,52-53H,10-15,18,20,22-25,28,30H2,1-2H3,(H,50,51)(H,54,58)/t36-,37+. The second-order valence-electron chi connectivity index (χ2n) is 18.5. The molecule has 16 heteroatoms. The molecule has 9 rings (SSSR count). The number of fused-ring (bicyclic) bond motifs is 1. The van der Waals surface area contributed by atoms with E-state index >= 15 is 0 Å². The van der Waals surface area contributed by atoms with Crippen LogP contribution in [-0.4, -0.2) is 85.0 Å². The third kappa shape index (κ3) is 10.1. The number of sulfonamides is 1. The topological polar surface area (TPSA) is 175 Å². The SMILES string of the molecule is CC1(C)CCC(CN2CCN(c3cccc(C(=O)NS(=O)(=O)c4ccc(N[C@H]5CC[C@@H](NC6CC6)CC5)c([N+](=O)[O-])c4)c3Oc3cnc4[nH]ccc4c3)CC2)=C(c2ccc(Cl)cc2)C1. The van der Waals surface area contributed by atoms with Gasteiger partial charge in [-0.1, -0.05) is 49.2 Å². The van der Waals surface area contributed by atoms with Gasteiger partial charge in [0, 0.05) is 73.5 Å². The molecule has 3 heterocycles. The van der Waals surface area contributed by atoms with E-state index in [1.165, 1.54) is 47.8 Å². The third-order valence-electron chi connectivity index (χ3n) is 13.2. The minimum absolute atomic E-state index is 0.0141. The van der Waals surface area contributed by atoms with E-state index in [1.807, 2.05) is 24.3 Å². The minimum Gasteiger partial charge on any atom is -0.453 e. The zero-order valence-corrected chi connectivity index (χ0v) is 37.8. The number of piperazine rings is 1. The zero-order valence-electron chi connectivity index (χ0n) is 36.2. The highest BCUT2D eigenvalue weighted by Gasteiger charge is 2.33. The van der Waals surface area contributed by atoms with Crippen molar-refractivity contribution in [2.75, 3.05) is 42.9 Å². The van der Waals surface area contributed by atoms with E-state index in [4.69, 9.17) is 16.3 Å². The van der Waals surface area contributed by atoms with Crippen LogP contribution in [0.15, 0.2) is 95.7 Å². The number of aromatic nitrogens is 2. The summed E-state index contributed by atoms with van der Waals surface area (Å²) < 4.78 is 36.5. The van der Waals surface area contributed by atoms with Crippen molar-refractivity contribution in [1.29, 1.82) is 0 Å². The number of ether oxygens (including phenoxy) is 1. The van der Waals surface area contributed by atoms with Crippen LogP contribution in [0.5, 0.6) is 11.5 Å². The number of anilines is 2. The number of pyridine rings is 1. The van der Waals surface area contributed by atoms with Crippen LogP contribution in [0.1, 0.15) is 87.6 Å². The number of amides is 1. The molecule has 4 aliphatic rings. The number of nitro groups is 1. The van der Waals surface area contributed by atoms with E-state index in [0.29, 0.717) is 42.3 Å². The Morgan fingerprint density at radius 1 is 0.953 bits per heavy atom. The summed E-state index contributed by atoms with van der Waals surface area (Å²) >= 11 is 6.26. The van der Waals surface area contributed by atoms with Crippen molar-refractivity contribution >= 4 is 61.2 Å². The molecule has 336 valence electrons. The lowest BCUT2D eigenvalue weighted by molar-refractivity contribution is -0.384. The number of carbonyl (C=O) groups is 1. The summed E-state index contributed by atoms with van der Waals surface area (Å²) in [6.45, 7) is 8.28. The molecule has 0 unspecified atom stereocenters. The first-order valence-corrected chi connectivity index (χ1v) is 24.2. The first-order valence-electron chi connectivity index (χ1n) is 22.3. The fraction of sp³-hybridized carbons (Fsp3) is 0.417. The van der Waals surface area contributed by atoms with Gasteiger partial charge in [0.1, 0.15) is 17.1 Å². The molecule has 1 saturated heterocycles. The van der Waals surface area contributed by atoms with Gasteiger partial charge in [-0.2, -0.15) is 0 Å². The number of hydrogen-bond donors (Lipinski definition) is 4. The van der Waals surface area contributed by atoms with Gasteiger partial charge in [-0.3, -0.25) is 19.8 Å². The van der Waals surface area contributed by atoms with Crippen LogP contribution in [0, 0.1) is 15.5 Å². The molecule has 0 radical (unpaired) electrons. The van der Waals surface area contributed by atoms with Crippen molar-refractivity contribution in [2.24, 2.45) is 5.41 Å². The average molecular weight is 908 g/mol. The van der Waals surface area contributed by atoms with Gasteiger partial charge >= 0.3 is 0 Å². The van der Waals surface area contributed by atoms with Gasteiger partial charge in [0.15, 0.2) is 5.75 Å². The zero-order chi connectivity index (χ0) is 44.6. The Kier molecular flexibility index (Phi) is 12.4. The number of para-hydroxylation sites is 1. The highest BCUT2D eigenvalue weighted by atomic mass is 35.5. The van der Waals surface area contributed by atoms with Crippen molar-refractivity contribution < 1.29 is 22.9 Å². The highest BCUT2D eigenvalue weighted by molar-refractivity contribution is 7.90. The number of H-pyrrole nitrogens is 1. The Bertz CT molecular complexity index is 2680. The molecule has 3 aromatic carbocycles. The molecular formula is C48H55ClN8O6S. The summed E-state index contributed by atoms with van der Waals surface area (Å²) in [7, 11) is -4.57. The predicted octanol–water partition coefficient (Wildman–Crippen LogP) is 9.30. The molecule has 1 aliphatic heterocycles. The molecule has 3 fully saturated rings. The van der Waals surface area contributed by atoms with E-state index in [-0.39, 0.29) is 34.1 Å². The van der Waals surface area contributed by atoms with Gasteiger partial charge in [0.05, 0.1) is 27.3 Å². The van der Waals surface area contributed by atoms with Crippen LogP contribution in [0.3, 0.4) is 0 Å². The number of nitrogens with one attached hydrogen (secondary N) is 4. The molecular weight excluding hydrogens is 852 g/mol. The third-order valence-corrected chi connectivity index (χ3v) is 14.8. The molecule has 0 bridgehead atoms. The van der Waals surface area contributed by atoms with Crippen LogP contribution in [0.25, 0.3) is 16.6 Å². The number of hydrogen-bond acceptors (Lipinski definition) is 11. The highest BCUT2D eigenvalue weighted by Crippen LogP contribution is 2.44. The maximum absolute atomic E-state index is 14.2. The fourth-order valence-corrected chi connectivity index (χ4v) is 10.5. The largest absolute Gasteiger partial charge is 0.453 e. The Hall–Kier alpha value is -5.48. The van der Waals surface area contributed by atoms with Gasteiger partial charge in [-0.15, -0.1) is 0 Å². The quantitative estimate of drug-likeness (QED) is 0.0618. The van der Waals surface area contributed by atoms with E-state index in [2.05, 4.69) is 61.1 Å². The molecule has 14 nitrogen and oxygen atoms in total.